The fourth-order valence-electron chi connectivity index (χ4n) is 3.80. The molecule has 186 valence electrons. The van der Waals surface area contributed by atoms with Gasteiger partial charge in [0.25, 0.3) is 20.0 Å². The molecule has 1 aliphatic rings. The normalized spacial score (nSPS) is 17.1. The predicted molar refractivity (Wildman–Crippen MR) is 138 cm³/mol. The summed E-state index contributed by atoms with van der Waals surface area (Å²) in [6, 6.07) is 14.0. The number of nitrogens with zero attached hydrogens (tertiary/aromatic N) is 1. The van der Waals surface area contributed by atoms with Gasteiger partial charge < -0.3 is 5.32 Å². The summed E-state index contributed by atoms with van der Waals surface area (Å²) in [5.41, 5.74) is 1.42. The number of amides is 1. The fourth-order valence-corrected chi connectivity index (χ4v) is 7.76. The molecular weight excluding hydrogens is 530 g/mol. The van der Waals surface area contributed by atoms with E-state index in [1.165, 1.54) is 28.6 Å². The highest BCUT2D eigenvalue weighted by Crippen LogP contribution is 2.28. The van der Waals surface area contributed by atoms with Crippen molar-refractivity contribution in [1.82, 2.24) is 4.31 Å². The SMILES string of the molecule is Cc1c(Cl)cccc1NS(=O)(=O)c1ccc(NC(=O)[C@@H]2CCCN(S(=O)(=O)c3cccs3)C2)cc1. The molecule has 0 aliphatic carbocycles. The Bertz CT molecular complexity index is 1420. The molecule has 0 spiro atoms. The highest BCUT2D eigenvalue weighted by atomic mass is 35.5. The number of benzene rings is 2. The van der Waals surface area contributed by atoms with Gasteiger partial charge in [-0.25, -0.2) is 16.8 Å². The summed E-state index contributed by atoms with van der Waals surface area (Å²) in [4.78, 5) is 12.9. The minimum atomic E-state index is -3.86. The largest absolute Gasteiger partial charge is 0.326 e. The summed E-state index contributed by atoms with van der Waals surface area (Å²) >= 11 is 7.22. The van der Waals surface area contributed by atoms with E-state index in [2.05, 4.69) is 10.0 Å². The molecule has 0 radical (unpaired) electrons. The van der Waals surface area contributed by atoms with Crippen molar-refractivity contribution < 1.29 is 21.6 Å². The maximum atomic E-state index is 12.8. The number of halogens is 1. The number of rotatable bonds is 7. The lowest BCUT2D eigenvalue weighted by Gasteiger charge is -2.30. The van der Waals surface area contributed by atoms with Gasteiger partial charge in [-0.1, -0.05) is 23.7 Å². The van der Waals surface area contributed by atoms with E-state index in [0.717, 1.165) is 11.3 Å². The standard InChI is InChI=1S/C23H24ClN3O5S3/c1-16-20(24)6-2-7-21(16)26-34(29,30)19-11-9-18(10-12-19)25-23(28)17-5-3-13-27(15-17)35(31,32)22-8-4-14-33-22/h2,4,6-12,14,17,26H,3,5,13,15H2,1H3,(H,25,28)/t17-/m1/s1. The van der Waals surface area contributed by atoms with Crippen LogP contribution < -0.4 is 10.0 Å². The van der Waals surface area contributed by atoms with E-state index >= 15 is 0 Å². The molecule has 1 fully saturated rings. The van der Waals surface area contributed by atoms with Gasteiger partial charge in [-0.05, 0) is 73.2 Å². The van der Waals surface area contributed by atoms with Crippen LogP contribution in [0, 0.1) is 12.8 Å². The van der Waals surface area contributed by atoms with E-state index in [0.29, 0.717) is 41.3 Å². The van der Waals surface area contributed by atoms with Gasteiger partial charge in [0.05, 0.1) is 16.5 Å². The molecule has 0 unspecified atom stereocenters. The summed E-state index contributed by atoms with van der Waals surface area (Å²) in [5.74, 6) is -0.811. The summed E-state index contributed by atoms with van der Waals surface area (Å²) in [6.45, 7) is 2.19. The Morgan fingerprint density at radius 2 is 1.80 bits per heavy atom. The highest BCUT2D eigenvalue weighted by molar-refractivity contribution is 7.92. The van der Waals surface area contributed by atoms with Crippen LogP contribution in [0.2, 0.25) is 5.02 Å². The van der Waals surface area contributed by atoms with Crippen molar-refractivity contribution in [2.45, 2.75) is 28.9 Å². The van der Waals surface area contributed by atoms with Crippen LogP contribution in [-0.4, -0.2) is 40.1 Å². The topological polar surface area (TPSA) is 113 Å². The zero-order valence-corrected chi connectivity index (χ0v) is 22.0. The lowest BCUT2D eigenvalue weighted by atomic mass is 9.99. The van der Waals surface area contributed by atoms with Crippen LogP contribution in [0.4, 0.5) is 11.4 Å². The van der Waals surface area contributed by atoms with E-state index < -0.39 is 26.0 Å². The molecule has 1 saturated heterocycles. The first-order chi connectivity index (χ1) is 16.6. The number of thiophene rings is 1. The molecule has 1 atom stereocenters. The maximum Gasteiger partial charge on any atom is 0.261 e. The number of nitrogens with one attached hydrogen (secondary N) is 2. The maximum absolute atomic E-state index is 12.8. The summed E-state index contributed by atoms with van der Waals surface area (Å²) in [6.07, 6.45) is 1.14. The molecule has 0 bridgehead atoms. The first-order valence-corrected chi connectivity index (χ1v) is 15.0. The predicted octanol–water partition coefficient (Wildman–Crippen LogP) is 4.55. The summed E-state index contributed by atoms with van der Waals surface area (Å²) in [5, 5.41) is 4.93. The zero-order valence-electron chi connectivity index (χ0n) is 18.8. The minimum Gasteiger partial charge on any atom is -0.326 e. The molecule has 35 heavy (non-hydrogen) atoms. The molecule has 4 rings (SSSR count). The average Bonchev–Trinajstić information content (AvgIpc) is 3.38. The Labute approximate surface area is 214 Å². The van der Waals surface area contributed by atoms with E-state index in [9.17, 15) is 21.6 Å². The third-order valence-electron chi connectivity index (χ3n) is 5.79. The van der Waals surface area contributed by atoms with Gasteiger partial charge in [0.2, 0.25) is 5.91 Å². The molecule has 3 aromatic rings. The molecule has 1 aliphatic heterocycles. The molecule has 2 heterocycles. The van der Waals surface area contributed by atoms with Crippen molar-refractivity contribution in [2.24, 2.45) is 5.92 Å². The molecular formula is C23H24ClN3O5S3. The molecule has 0 saturated carbocycles. The first-order valence-electron chi connectivity index (χ1n) is 10.8. The van der Waals surface area contributed by atoms with E-state index in [4.69, 9.17) is 11.6 Å². The molecule has 8 nitrogen and oxygen atoms in total. The van der Waals surface area contributed by atoms with Crippen molar-refractivity contribution in [3.05, 3.63) is 70.6 Å². The number of hydrogen-bond acceptors (Lipinski definition) is 6. The third kappa shape index (κ3) is 5.70. The van der Waals surface area contributed by atoms with Gasteiger partial charge in [0, 0.05) is 23.8 Å². The quantitative estimate of drug-likeness (QED) is 0.445. The Morgan fingerprint density at radius 3 is 2.49 bits per heavy atom. The second-order valence-corrected chi connectivity index (χ2v) is 13.4. The number of carbonyl (C=O) groups is 1. The zero-order chi connectivity index (χ0) is 25.2. The van der Waals surface area contributed by atoms with Crippen LogP contribution >= 0.6 is 22.9 Å². The van der Waals surface area contributed by atoms with Crippen LogP contribution in [0.15, 0.2) is 69.1 Å². The minimum absolute atomic E-state index is 0.0285. The summed E-state index contributed by atoms with van der Waals surface area (Å²) < 4.78 is 55.3. The van der Waals surface area contributed by atoms with E-state index in [1.54, 1.807) is 42.6 Å². The smallest absolute Gasteiger partial charge is 0.261 e. The van der Waals surface area contributed by atoms with Crippen molar-refractivity contribution in [3.8, 4) is 0 Å². The van der Waals surface area contributed by atoms with Gasteiger partial charge in [0.15, 0.2) is 0 Å². The van der Waals surface area contributed by atoms with Gasteiger partial charge in [-0.3, -0.25) is 9.52 Å². The third-order valence-corrected chi connectivity index (χ3v) is 10.8. The van der Waals surface area contributed by atoms with Crippen molar-refractivity contribution >= 4 is 60.3 Å². The number of piperidine rings is 1. The Balaban J connectivity index is 1.42. The van der Waals surface area contributed by atoms with Crippen molar-refractivity contribution in [3.63, 3.8) is 0 Å². The van der Waals surface area contributed by atoms with E-state index in [-0.39, 0.29) is 21.6 Å². The van der Waals surface area contributed by atoms with Crippen LogP contribution in [-0.2, 0) is 24.8 Å². The number of carbonyl (C=O) groups excluding carboxylic acids is 1. The molecule has 1 amide bonds. The Hall–Kier alpha value is -2.44. The van der Waals surface area contributed by atoms with Crippen LogP contribution in [0.3, 0.4) is 0 Å². The first kappa shape index (κ1) is 25.6. The van der Waals surface area contributed by atoms with E-state index in [1.807, 2.05) is 0 Å². The second-order valence-electron chi connectivity index (χ2n) is 8.17. The van der Waals surface area contributed by atoms with Gasteiger partial charge in [0.1, 0.15) is 4.21 Å². The molecule has 1 aromatic heterocycles. The average molecular weight is 554 g/mol. The number of sulfonamides is 2. The lowest BCUT2D eigenvalue weighted by Crippen LogP contribution is -2.43. The van der Waals surface area contributed by atoms with Crippen LogP contribution in [0.25, 0.3) is 0 Å². The van der Waals surface area contributed by atoms with Crippen LogP contribution in [0.5, 0.6) is 0 Å². The molecule has 2 N–H and O–H groups in total. The summed E-state index contributed by atoms with van der Waals surface area (Å²) in [7, 11) is -7.48. The number of anilines is 2. The van der Waals surface area contributed by atoms with Gasteiger partial charge in [-0.15, -0.1) is 11.3 Å². The van der Waals surface area contributed by atoms with Gasteiger partial charge >= 0.3 is 0 Å². The van der Waals surface area contributed by atoms with Gasteiger partial charge in [-0.2, -0.15) is 4.31 Å². The number of hydrogen-bond donors (Lipinski definition) is 2. The fraction of sp³-hybridized carbons (Fsp3) is 0.261. The Kier molecular flexibility index (Phi) is 7.53. The molecule has 2 aromatic carbocycles. The van der Waals surface area contributed by atoms with Crippen molar-refractivity contribution in [2.75, 3.05) is 23.1 Å². The van der Waals surface area contributed by atoms with Crippen LogP contribution in [0.1, 0.15) is 18.4 Å². The monoisotopic (exact) mass is 553 g/mol. The lowest BCUT2D eigenvalue weighted by molar-refractivity contribution is -0.120. The second kappa shape index (κ2) is 10.3. The van der Waals surface area contributed by atoms with Crippen molar-refractivity contribution in [1.29, 1.82) is 0 Å². The Morgan fingerprint density at radius 1 is 1.06 bits per heavy atom. The highest BCUT2D eigenvalue weighted by Gasteiger charge is 2.33. The molecule has 12 heteroatoms.